The summed E-state index contributed by atoms with van der Waals surface area (Å²) in [6, 6.07) is 0. The summed E-state index contributed by atoms with van der Waals surface area (Å²) in [6.45, 7) is 5.41. The van der Waals surface area contributed by atoms with Gasteiger partial charge in [0, 0.05) is 23.6 Å². The van der Waals surface area contributed by atoms with Crippen LogP contribution in [-0.2, 0) is 18.7 Å². The number of nitrogens with zero attached hydrogens (tertiary/aromatic N) is 2. The first-order valence-electron chi connectivity index (χ1n) is 5.10. The molecule has 0 bridgehead atoms. The number of nitrogen functional groups attached to an aromatic ring is 1. The highest BCUT2D eigenvalue weighted by Crippen LogP contribution is 2.28. The minimum Gasteiger partial charge on any atom is -0.382 e. The van der Waals surface area contributed by atoms with Crippen molar-refractivity contribution < 1.29 is 0 Å². The summed E-state index contributed by atoms with van der Waals surface area (Å²) >= 11 is 1.95. The molecule has 1 aliphatic rings. The minimum atomic E-state index is 0.632. The van der Waals surface area contributed by atoms with Crippen molar-refractivity contribution in [1.29, 1.82) is 0 Å². The van der Waals surface area contributed by atoms with E-state index >= 15 is 0 Å². The molecule has 0 unspecified atom stereocenters. The second-order valence-electron chi connectivity index (χ2n) is 4.19. The molecule has 0 radical (unpaired) electrons. The third kappa shape index (κ3) is 1.75. The normalized spacial score (nSPS) is 15.9. The fourth-order valence-electron chi connectivity index (χ4n) is 1.83. The van der Waals surface area contributed by atoms with Crippen molar-refractivity contribution in [2.45, 2.75) is 32.6 Å². The summed E-state index contributed by atoms with van der Waals surface area (Å²) < 4.78 is 2.11. The second kappa shape index (κ2) is 3.85. The Kier molecular flexibility index (Phi) is 2.72. The zero-order valence-corrected chi connectivity index (χ0v) is 9.60. The number of hydrogen-bond acceptors (Lipinski definition) is 3. The van der Waals surface area contributed by atoms with Gasteiger partial charge in [0.05, 0.1) is 0 Å². The highest BCUT2D eigenvalue weighted by atomic mass is 32.2. The zero-order chi connectivity index (χ0) is 10.1. The van der Waals surface area contributed by atoms with Crippen LogP contribution in [0.4, 0.5) is 5.82 Å². The highest BCUT2D eigenvalue weighted by Gasteiger charge is 2.19. The standard InChI is InChI=1S/C10H17N3S/c1-7(2)5-13-9-3-4-14-6-8(9)10(11)12-13/h7H,3-6H2,1-2H3,(H2,11,12). The van der Waals surface area contributed by atoms with Gasteiger partial charge in [-0.05, 0) is 18.1 Å². The molecule has 4 heteroatoms. The van der Waals surface area contributed by atoms with Crippen LogP contribution in [0, 0.1) is 5.92 Å². The summed E-state index contributed by atoms with van der Waals surface area (Å²) in [4.78, 5) is 0. The maximum atomic E-state index is 5.89. The smallest absolute Gasteiger partial charge is 0.149 e. The van der Waals surface area contributed by atoms with Crippen molar-refractivity contribution in [1.82, 2.24) is 9.78 Å². The van der Waals surface area contributed by atoms with Gasteiger partial charge in [0.15, 0.2) is 0 Å². The highest BCUT2D eigenvalue weighted by molar-refractivity contribution is 7.98. The van der Waals surface area contributed by atoms with E-state index in [-0.39, 0.29) is 0 Å². The number of anilines is 1. The van der Waals surface area contributed by atoms with E-state index in [2.05, 4.69) is 23.6 Å². The van der Waals surface area contributed by atoms with Gasteiger partial charge < -0.3 is 5.73 Å². The van der Waals surface area contributed by atoms with Gasteiger partial charge in [0.2, 0.25) is 0 Å². The minimum absolute atomic E-state index is 0.632. The molecule has 0 atom stereocenters. The van der Waals surface area contributed by atoms with Gasteiger partial charge >= 0.3 is 0 Å². The largest absolute Gasteiger partial charge is 0.382 e. The fraction of sp³-hybridized carbons (Fsp3) is 0.700. The van der Waals surface area contributed by atoms with Crippen LogP contribution in [0.15, 0.2) is 0 Å². The van der Waals surface area contributed by atoms with Crippen LogP contribution in [0.2, 0.25) is 0 Å². The van der Waals surface area contributed by atoms with Crippen LogP contribution in [0.1, 0.15) is 25.1 Å². The third-order valence-corrected chi connectivity index (χ3v) is 3.45. The first-order valence-corrected chi connectivity index (χ1v) is 6.25. The van der Waals surface area contributed by atoms with E-state index in [0.29, 0.717) is 5.92 Å². The Hall–Kier alpha value is -0.640. The lowest BCUT2D eigenvalue weighted by Gasteiger charge is -2.14. The Labute approximate surface area is 89.1 Å². The van der Waals surface area contributed by atoms with Gasteiger partial charge in [-0.1, -0.05) is 13.8 Å². The molecule has 0 amide bonds. The van der Waals surface area contributed by atoms with Crippen molar-refractivity contribution in [3.8, 4) is 0 Å². The maximum Gasteiger partial charge on any atom is 0.149 e. The molecule has 2 heterocycles. The average Bonchev–Trinajstić information content (AvgIpc) is 2.44. The van der Waals surface area contributed by atoms with Crippen molar-refractivity contribution in [2.75, 3.05) is 11.5 Å². The Morgan fingerprint density at radius 2 is 2.36 bits per heavy atom. The van der Waals surface area contributed by atoms with Crippen LogP contribution >= 0.6 is 11.8 Å². The summed E-state index contributed by atoms with van der Waals surface area (Å²) in [7, 11) is 0. The van der Waals surface area contributed by atoms with Gasteiger partial charge in [0.25, 0.3) is 0 Å². The summed E-state index contributed by atoms with van der Waals surface area (Å²) in [6.07, 6.45) is 1.12. The zero-order valence-electron chi connectivity index (χ0n) is 8.79. The molecule has 0 spiro atoms. The predicted octanol–water partition coefficient (Wildman–Crippen LogP) is 1.91. The van der Waals surface area contributed by atoms with Gasteiger partial charge in [-0.2, -0.15) is 16.9 Å². The molecular weight excluding hydrogens is 194 g/mol. The van der Waals surface area contributed by atoms with Crippen LogP contribution in [0.25, 0.3) is 0 Å². The van der Waals surface area contributed by atoms with Crippen LogP contribution < -0.4 is 5.73 Å². The van der Waals surface area contributed by atoms with E-state index in [4.69, 9.17) is 5.73 Å². The molecule has 14 heavy (non-hydrogen) atoms. The Bertz CT molecular complexity index is 330. The van der Waals surface area contributed by atoms with Gasteiger partial charge in [-0.25, -0.2) is 0 Å². The number of rotatable bonds is 2. The van der Waals surface area contributed by atoms with Gasteiger partial charge in [-0.15, -0.1) is 0 Å². The van der Waals surface area contributed by atoms with E-state index in [1.807, 2.05) is 11.8 Å². The summed E-state index contributed by atoms with van der Waals surface area (Å²) in [5.41, 5.74) is 8.54. The summed E-state index contributed by atoms with van der Waals surface area (Å²) in [5, 5.41) is 4.41. The molecule has 0 saturated heterocycles. The second-order valence-corrected chi connectivity index (χ2v) is 5.29. The molecular formula is C10H17N3S. The molecule has 3 nitrogen and oxygen atoms in total. The number of hydrogen-bond donors (Lipinski definition) is 1. The molecule has 0 fully saturated rings. The average molecular weight is 211 g/mol. The van der Waals surface area contributed by atoms with Crippen LogP contribution in [-0.4, -0.2) is 15.5 Å². The van der Waals surface area contributed by atoms with Gasteiger partial charge in [0.1, 0.15) is 5.82 Å². The quantitative estimate of drug-likeness (QED) is 0.812. The number of nitrogens with two attached hydrogens (primary N) is 1. The van der Waals surface area contributed by atoms with Gasteiger partial charge in [-0.3, -0.25) is 4.68 Å². The molecule has 1 aliphatic heterocycles. The van der Waals surface area contributed by atoms with Crippen molar-refractivity contribution in [3.05, 3.63) is 11.3 Å². The van der Waals surface area contributed by atoms with E-state index in [0.717, 1.165) is 24.5 Å². The molecule has 1 aromatic rings. The topological polar surface area (TPSA) is 43.8 Å². The first-order chi connectivity index (χ1) is 6.68. The molecule has 2 N–H and O–H groups in total. The van der Waals surface area contributed by atoms with Crippen LogP contribution in [0.5, 0.6) is 0 Å². The fourth-order valence-corrected chi connectivity index (χ4v) is 2.83. The Morgan fingerprint density at radius 3 is 3.07 bits per heavy atom. The third-order valence-electron chi connectivity index (χ3n) is 2.47. The van der Waals surface area contributed by atoms with E-state index < -0.39 is 0 Å². The van der Waals surface area contributed by atoms with Crippen molar-refractivity contribution >= 4 is 17.6 Å². The molecule has 1 aromatic heterocycles. The molecule has 2 rings (SSSR count). The molecule has 0 saturated carbocycles. The first kappa shape index (κ1) is 9.90. The molecule has 0 aliphatic carbocycles. The number of aromatic nitrogens is 2. The monoisotopic (exact) mass is 211 g/mol. The lowest BCUT2D eigenvalue weighted by molar-refractivity contribution is 0.470. The summed E-state index contributed by atoms with van der Waals surface area (Å²) in [5.74, 6) is 3.62. The van der Waals surface area contributed by atoms with E-state index in [1.54, 1.807) is 0 Å². The number of thioether (sulfide) groups is 1. The maximum absolute atomic E-state index is 5.89. The lowest BCUT2D eigenvalue weighted by atomic mass is 10.2. The molecule has 0 aromatic carbocycles. The van der Waals surface area contributed by atoms with Crippen LogP contribution in [0.3, 0.4) is 0 Å². The lowest BCUT2D eigenvalue weighted by Crippen LogP contribution is -2.12. The SMILES string of the molecule is CC(C)Cn1nc(N)c2c1CCSC2. The van der Waals surface area contributed by atoms with Crippen molar-refractivity contribution in [3.63, 3.8) is 0 Å². The Balaban J connectivity index is 2.31. The van der Waals surface area contributed by atoms with E-state index in [1.165, 1.54) is 17.0 Å². The predicted molar refractivity (Wildman–Crippen MR) is 61.3 cm³/mol. The van der Waals surface area contributed by atoms with E-state index in [9.17, 15) is 0 Å². The molecule has 78 valence electrons. The van der Waals surface area contributed by atoms with Crippen molar-refractivity contribution in [2.24, 2.45) is 5.92 Å². The Morgan fingerprint density at radius 1 is 1.57 bits per heavy atom. The number of fused-ring (bicyclic) bond motifs is 1.